The van der Waals surface area contributed by atoms with Crippen LogP contribution in [-0.2, 0) is 17.8 Å². The third-order valence-corrected chi connectivity index (χ3v) is 4.69. The SMILES string of the molecule is CC(=O)Cc1nc(C)c(-c2ccc(CO)s2)s1. The van der Waals surface area contributed by atoms with E-state index in [0.29, 0.717) is 6.42 Å². The molecule has 1 N–H and O–H groups in total. The lowest BCUT2D eigenvalue weighted by molar-refractivity contribution is -0.116. The first-order valence-corrected chi connectivity index (χ1v) is 6.89. The Kier molecular flexibility index (Phi) is 3.71. The van der Waals surface area contributed by atoms with E-state index in [0.717, 1.165) is 25.3 Å². The van der Waals surface area contributed by atoms with Crippen LogP contribution in [0.5, 0.6) is 0 Å². The van der Waals surface area contributed by atoms with Crippen molar-refractivity contribution in [3.63, 3.8) is 0 Å². The number of carbonyl (C=O) groups excluding carboxylic acids is 1. The average molecular weight is 267 g/mol. The Morgan fingerprint density at radius 3 is 2.76 bits per heavy atom. The highest BCUT2D eigenvalue weighted by atomic mass is 32.1. The number of aliphatic hydroxyl groups is 1. The van der Waals surface area contributed by atoms with Gasteiger partial charge in [0, 0.05) is 9.75 Å². The predicted molar refractivity (Wildman–Crippen MR) is 70.5 cm³/mol. The Balaban J connectivity index is 2.32. The molecule has 0 saturated carbocycles. The number of ketones is 1. The molecule has 2 rings (SSSR count). The molecule has 0 atom stereocenters. The summed E-state index contributed by atoms with van der Waals surface area (Å²) in [5, 5.41) is 9.91. The number of hydrogen-bond donors (Lipinski definition) is 1. The van der Waals surface area contributed by atoms with Gasteiger partial charge in [-0.25, -0.2) is 4.98 Å². The van der Waals surface area contributed by atoms with Crippen molar-refractivity contribution >= 4 is 28.5 Å². The molecule has 2 aromatic rings. The summed E-state index contributed by atoms with van der Waals surface area (Å²) in [6.45, 7) is 3.60. The fourth-order valence-corrected chi connectivity index (χ4v) is 3.72. The van der Waals surface area contributed by atoms with Gasteiger partial charge in [-0.15, -0.1) is 22.7 Å². The van der Waals surface area contributed by atoms with Gasteiger partial charge in [0.2, 0.25) is 0 Å². The monoisotopic (exact) mass is 267 g/mol. The Morgan fingerprint density at radius 2 is 2.18 bits per heavy atom. The number of hydrogen-bond acceptors (Lipinski definition) is 5. The second-order valence-electron chi connectivity index (χ2n) is 3.83. The summed E-state index contributed by atoms with van der Waals surface area (Å²) in [5.74, 6) is 0.132. The third-order valence-electron chi connectivity index (χ3n) is 2.28. The standard InChI is InChI=1S/C12H13NO2S2/c1-7(15)5-11-13-8(2)12(17-11)10-4-3-9(6-14)16-10/h3-4,14H,5-6H2,1-2H3. The normalized spacial score (nSPS) is 10.8. The molecule has 3 nitrogen and oxygen atoms in total. The third kappa shape index (κ3) is 2.80. The summed E-state index contributed by atoms with van der Waals surface area (Å²) < 4.78 is 0. The number of aryl methyl sites for hydroxylation is 1. The number of thiophene rings is 1. The molecule has 17 heavy (non-hydrogen) atoms. The van der Waals surface area contributed by atoms with Crippen LogP contribution in [0.4, 0.5) is 0 Å². The molecule has 2 heterocycles. The molecule has 0 aromatic carbocycles. The maximum absolute atomic E-state index is 11.1. The van der Waals surface area contributed by atoms with Crippen LogP contribution in [0, 0.1) is 6.92 Å². The number of nitrogens with zero attached hydrogens (tertiary/aromatic N) is 1. The van der Waals surface area contributed by atoms with Crippen molar-refractivity contribution in [3.05, 3.63) is 27.7 Å². The van der Waals surface area contributed by atoms with E-state index in [2.05, 4.69) is 4.98 Å². The lowest BCUT2D eigenvalue weighted by atomic mass is 10.3. The van der Waals surface area contributed by atoms with E-state index in [4.69, 9.17) is 5.11 Å². The fourth-order valence-electron chi connectivity index (χ4n) is 1.55. The van der Waals surface area contributed by atoms with Gasteiger partial charge in [0.1, 0.15) is 10.8 Å². The van der Waals surface area contributed by atoms with Gasteiger partial charge in [0.15, 0.2) is 0 Å². The van der Waals surface area contributed by atoms with Gasteiger partial charge in [0.25, 0.3) is 0 Å². The van der Waals surface area contributed by atoms with E-state index < -0.39 is 0 Å². The number of rotatable bonds is 4. The fraction of sp³-hybridized carbons (Fsp3) is 0.333. The Bertz CT molecular complexity index is 542. The van der Waals surface area contributed by atoms with Gasteiger partial charge in [-0.2, -0.15) is 0 Å². The molecule has 0 aliphatic rings. The first-order chi connectivity index (χ1) is 8.10. The highest BCUT2D eigenvalue weighted by molar-refractivity contribution is 7.22. The van der Waals surface area contributed by atoms with Crippen LogP contribution in [0.3, 0.4) is 0 Å². The smallest absolute Gasteiger partial charge is 0.136 e. The summed E-state index contributed by atoms with van der Waals surface area (Å²) in [6, 6.07) is 3.91. The molecular weight excluding hydrogens is 254 g/mol. The molecule has 0 saturated heterocycles. The van der Waals surface area contributed by atoms with Gasteiger partial charge in [-0.3, -0.25) is 4.79 Å². The zero-order valence-electron chi connectivity index (χ0n) is 9.69. The maximum Gasteiger partial charge on any atom is 0.136 e. The lowest BCUT2D eigenvalue weighted by Gasteiger charge is -1.91. The first-order valence-electron chi connectivity index (χ1n) is 5.26. The highest BCUT2D eigenvalue weighted by Gasteiger charge is 2.12. The minimum atomic E-state index is 0.0722. The average Bonchev–Trinajstić information content (AvgIpc) is 2.83. The molecule has 0 unspecified atom stereocenters. The van der Waals surface area contributed by atoms with Gasteiger partial charge in [-0.05, 0) is 26.0 Å². The van der Waals surface area contributed by atoms with E-state index in [1.807, 2.05) is 19.1 Å². The van der Waals surface area contributed by atoms with E-state index >= 15 is 0 Å². The van der Waals surface area contributed by atoms with Crippen LogP contribution >= 0.6 is 22.7 Å². The summed E-state index contributed by atoms with van der Waals surface area (Å²) in [6.07, 6.45) is 0.406. The largest absolute Gasteiger partial charge is 0.391 e. The van der Waals surface area contributed by atoms with Crippen molar-refractivity contribution in [2.45, 2.75) is 26.9 Å². The van der Waals surface area contributed by atoms with Gasteiger partial charge in [-0.1, -0.05) is 0 Å². The minimum Gasteiger partial charge on any atom is -0.391 e. The van der Waals surface area contributed by atoms with Crippen LogP contribution in [0.25, 0.3) is 9.75 Å². The summed E-state index contributed by atoms with van der Waals surface area (Å²) in [7, 11) is 0. The van der Waals surface area contributed by atoms with Crippen molar-refractivity contribution in [2.24, 2.45) is 0 Å². The number of carbonyl (C=O) groups is 1. The summed E-state index contributed by atoms with van der Waals surface area (Å²) in [5.41, 5.74) is 0.956. The highest BCUT2D eigenvalue weighted by Crippen LogP contribution is 2.35. The van der Waals surface area contributed by atoms with Gasteiger partial charge >= 0.3 is 0 Å². The van der Waals surface area contributed by atoms with Crippen molar-refractivity contribution in [1.82, 2.24) is 4.98 Å². The van der Waals surface area contributed by atoms with Gasteiger partial charge in [0.05, 0.1) is 23.6 Å². The molecule has 0 amide bonds. The van der Waals surface area contributed by atoms with Crippen molar-refractivity contribution in [1.29, 1.82) is 0 Å². The molecule has 0 spiro atoms. The number of Topliss-reactive ketones (excluding diaryl/α,β-unsaturated/α-hetero) is 1. The van der Waals surface area contributed by atoms with E-state index in [-0.39, 0.29) is 12.4 Å². The maximum atomic E-state index is 11.1. The molecule has 0 radical (unpaired) electrons. The molecule has 0 aliphatic heterocycles. The Hall–Kier alpha value is -1.04. The van der Waals surface area contributed by atoms with E-state index in [1.54, 1.807) is 29.6 Å². The molecule has 5 heteroatoms. The predicted octanol–water partition coefficient (Wildman–Crippen LogP) is 2.80. The summed E-state index contributed by atoms with van der Waals surface area (Å²) >= 11 is 3.13. The van der Waals surface area contributed by atoms with Crippen LogP contribution in [0.15, 0.2) is 12.1 Å². The van der Waals surface area contributed by atoms with Crippen LogP contribution in [-0.4, -0.2) is 15.9 Å². The van der Waals surface area contributed by atoms with E-state index in [1.165, 1.54) is 0 Å². The lowest BCUT2D eigenvalue weighted by Crippen LogP contribution is -1.94. The van der Waals surface area contributed by atoms with Crippen LogP contribution in [0.2, 0.25) is 0 Å². The zero-order valence-corrected chi connectivity index (χ0v) is 11.3. The topological polar surface area (TPSA) is 50.2 Å². The summed E-state index contributed by atoms with van der Waals surface area (Å²) in [4.78, 5) is 18.6. The zero-order chi connectivity index (χ0) is 12.4. The second kappa shape index (κ2) is 5.08. The molecule has 2 aromatic heterocycles. The van der Waals surface area contributed by atoms with Crippen molar-refractivity contribution in [3.8, 4) is 9.75 Å². The van der Waals surface area contributed by atoms with Crippen LogP contribution < -0.4 is 0 Å². The van der Waals surface area contributed by atoms with Crippen molar-refractivity contribution < 1.29 is 9.90 Å². The minimum absolute atomic E-state index is 0.0722. The van der Waals surface area contributed by atoms with Gasteiger partial charge < -0.3 is 5.11 Å². The molecule has 0 bridgehead atoms. The Labute approximate surface area is 108 Å². The molecular formula is C12H13NO2S2. The van der Waals surface area contributed by atoms with E-state index in [9.17, 15) is 4.79 Å². The molecule has 0 aliphatic carbocycles. The quantitative estimate of drug-likeness (QED) is 0.926. The second-order valence-corrected chi connectivity index (χ2v) is 6.08. The van der Waals surface area contributed by atoms with Crippen molar-refractivity contribution in [2.75, 3.05) is 0 Å². The number of thiazole rings is 1. The van der Waals surface area contributed by atoms with Crippen LogP contribution in [0.1, 0.15) is 22.5 Å². The Morgan fingerprint density at radius 1 is 1.41 bits per heavy atom. The number of aromatic nitrogens is 1. The molecule has 0 fully saturated rings. The number of aliphatic hydroxyl groups excluding tert-OH is 1. The molecule has 90 valence electrons. The first kappa shape index (κ1) is 12.4.